The molecule has 0 saturated heterocycles. The average Bonchev–Trinajstić information content (AvgIpc) is 2.33. The summed E-state index contributed by atoms with van der Waals surface area (Å²) in [6, 6.07) is 7.89. The summed E-state index contributed by atoms with van der Waals surface area (Å²) in [6.45, 7) is 3.64. The van der Waals surface area contributed by atoms with Crippen LogP contribution in [0, 0.1) is 6.92 Å². The number of aryl methyl sites for hydroxylation is 1. The van der Waals surface area contributed by atoms with Crippen molar-refractivity contribution in [1.29, 1.82) is 0 Å². The van der Waals surface area contributed by atoms with Crippen molar-refractivity contribution < 1.29 is 9.53 Å². The molecule has 0 unspecified atom stereocenters. The van der Waals surface area contributed by atoms with Crippen molar-refractivity contribution in [2.75, 3.05) is 38.8 Å². The molecule has 0 radical (unpaired) electrons. The van der Waals surface area contributed by atoms with E-state index in [1.807, 2.05) is 31.2 Å². The lowest BCUT2D eigenvalue weighted by atomic mass is 10.2. The summed E-state index contributed by atoms with van der Waals surface area (Å²) in [5.74, 6) is 0.0479. The Morgan fingerprint density at radius 3 is 2.78 bits per heavy atom. The topological polar surface area (TPSA) is 41.6 Å². The fraction of sp³-hybridized carbons (Fsp3) is 0.462. The van der Waals surface area contributed by atoms with E-state index in [0.29, 0.717) is 19.7 Å². The molecule has 0 aliphatic rings. The minimum Gasteiger partial charge on any atom is -0.383 e. The van der Waals surface area contributed by atoms with Gasteiger partial charge in [0.2, 0.25) is 5.91 Å². The number of nitrogens with zero attached hydrogens (tertiary/aromatic N) is 1. The van der Waals surface area contributed by atoms with Crippen molar-refractivity contribution in [2.24, 2.45) is 0 Å². The summed E-state index contributed by atoms with van der Waals surface area (Å²) in [5.41, 5.74) is 2.07. The van der Waals surface area contributed by atoms with Crippen LogP contribution in [-0.4, -0.2) is 39.8 Å². The number of likely N-dealkylation sites (N-methyl/N-ethyl adjacent to an activating group) is 1. The zero-order valence-electron chi connectivity index (χ0n) is 11.1. The van der Waals surface area contributed by atoms with Crippen LogP contribution < -0.4 is 10.2 Å². The van der Waals surface area contributed by atoms with Crippen LogP contribution in [0.5, 0.6) is 0 Å². The smallest absolute Gasteiger partial charge is 0.240 e. The summed E-state index contributed by atoms with van der Waals surface area (Å²) in [5, 5.41) is 3.04. The second-order valence-electron chi connectivity index (χ2n) is 3.96. The Labute approximate surface area is 115 Å². The standard InChI is InChI=1S/C13H20N2O2.ClH/c1-11-5-4-6-12(9-11)15(2)13(16)10-14-7-8-17-3;/h4-6,9,14H,7-8,10H2,1-3H3;1H. The Bertz CT molecular complexity index is 372. The Kier molecular flexibility index (Phi) is 8.37. The lowest BCUT2D eigenvalue weighted by Crippen LogP contribution is -2.36. The predicted molar refractivity (Wildman–Crippen MR) is 76.6 cm³/mol. The van der Waals surface area contributed by atoms with Gasteiger partial charge in [-0.05, 0) is 24.6 Å². The fourth-order valence-corrected chi connectivity index (χ4v) is 1.47. The molecule has 1 aromatic rings. The Balaban J connectivity index is 0.00000289. The largest absolute Gasteiger partial charge is 0.383 e. The van der Waals surface area contributed by atoms with Crippen LogP contribution in [0.1, 0.15) is 5.56 Å². The highest BCUT2D eigenvalue weighted by Gasteiger charge is 2.09. The Morgan fingerprint density at radius 2 is 2.17 bits per heavy atom. The maximum atomic E-state index is 11.8. The van der Waals surface area contributed by atoms with Crippen molar-refractivity contribution >= 4 is 24.0 Å². The highest BCUT2D eigenvalue weighted by Crippen LogP contribution is 2.13. The highest BCUT2D eigenvalue weighted by molar-refractivity contribution is 5.94. The first-order chi connectivity index (χ1) is 8.15. The molecule has 0 bridgehead atoms. The van der Waals surface area contributed by atoms with E-state index in [0.717, 1.165) is 11.3 Å². The monoisotopic (exact) mass is 272 g/mol. The molecule has 1 aromatic carbocycles. The third kappa shape index (κ3) is 5.49. The van der Waals surface area contributed by atoms with E-state index in [-0.39, 0.29) is 18.3 Å². The molecule has 4 nitrogen and oxygen atoms in total. The van der Waals surface area contributed by atoms with Gasteiger partial charge in [-0.15, -0.1) is 12.4 Å². The maximum Gasteiger partial charge on any atom is 0.240 e. The number of methoxy groups -OCH3 is 1. The molecule has 0 aromatic heterocycles. The average molecular weight is 273 g/mol. The van der Waals surface area contributed by atoms with Gasteiger partial charge in [-0.1, -0.05) is 12.1 Å². The molecule has 0 saturated carbocycles. The molecule has 1 amide bonds. The zero-order valence-corrected chi connectivity index (χ0v) is 11.9. The van der Waals surface area contributed by atoms with Crippen LogP contribution in [0.2, 0.25) is 0 Å². The number of carbonyl (C=O) groups is 1. The summed E-state index contributed by atoms with van der Waals surface area (Å²) in [6.07, 6.45) is 0. The second kappa shape index (κ2) is 8.91. The van der Waals surface area contributed by atoms with E-state index in [9.17, 15) is 4.79 Å². The van der Waals surface area contributed by atoms with Crippen molar-refractivity contribution in [3.8, 4) is 0 Å². The summed E-state index contributed by atoms with van der Waals surface area (Å²) >= 11 is 0. The number of hydrogen-bond donors (Lipinski definition) is 1. The highest BCUT2D eigenvalue weighted by atomic mass is 35.5. The van der Waals surface area contributed by atoms with Gasteiger partial charge in [0.1, 0.15) is 0 Å². The minimum absolute atomic E-state index is 0. The van der Waals surface area contributed by atoms with Gasteiger partial charge in [-0.2, -0.15) is 0 Å². The van der Waals surface area contributed by atoms with E-state index in [2.05, 4.69) is 5.32 Å². The van der Waals surface area contributed by atoms with Crippen molar-refractivity contribution in [2.45, 2.75) is 6.92 Å². The van der Waals surface area contributed by atoms with Gasteiger partial charge < -0.3 is 15.0 Å². The minimum atomic E-state index is 0. The fourth-order valence-electron chi connectivity index (χ4n) is 1.47. The second-order valence-corrected chi connectivity index (χ2v) is 3.96. The van der Waals surface area contributed by atoms with Gasteiger partial charge in [0.05, 0.1) is 13.2 Å². The number of carbonyl (C=O) groups excluding carboxylic acids is 1. The molecular weight excluding hydrogens is 252 g/mol. The number of anilines is 1. The summed E-state index contributed by atoms with van der Waals surface area (Å²) in [4.78, 5) is 13.5. The first-order valence-electron chi connectivity index (χ1n) is 5.68. The number of nitrogens with one attached hydrogen (secondary N) is 1. The van der Waals surface area contributed by atoms with Crippen LogP contribution in [0.4, 0.5) is 5.69 Å². The first-order valence-corrected chi connectivity index (χ1v) is 5.68. The SMILES string of the molecule is COCCNCC(=O)N(C)c1cccc(C)c1.Cl. The van der Waals surface area contributed by atoms with Gasteiger partial charge in [0.25, 0.3) is 0 Å². The quantitative estimate of drug-likeness (QED) is 0.800. The molecule has 0 atom stereocenters. The van der Waals surface area contributed by atoms with E-state index < -0.39 is 0 Å². The molecule has 5 heteroatoms. The molecule has 18 heavy (non-hydrogen) atoms. The molecule has 102 valence electrons. The molecule has 0 aliphatic carbocycles. The van der Waals surface area contributed by atoms with Crippen LogP contribution >= 0.6 is 12.4 Å². The first kappa shape index (κ1) is 16.9. The van der Waals surface area contributed by atoms with Crippen LogP contribution in [-0.2, 0) is 9.53 Å². The molecule has 0 spiro atoms. The lowest BCUT2D eigenvalue weighted by Gasteiger charge is -2.18. The number of amides is 1. The number of hydrogen-bond acceptors (Lipinski definition) is 3. The zero-order chi connectivity index (χ0) is 12.7. The van der Waals surface area contributed by atoms with Gasteiger partial charge in [-0.3, -0.25) is 4.79 Å². The van der Waals surface area contributed by atoms with Crippen LogP contribution in [0.25, 0.3) is 0 Å². The summed E-state index contributed by atoms with van der Waals surface area (Å²) < 4.78 is 4.90. The van der Waals surface area contributed by atoms with Crippen LogP contribution in [0.3, 0.4) is 0 Å². The number of ether oxygens (including phenoxy) is 1. The van der Waals surface area contributed by atoms with Crippen LogP contribution in [0.15, 0.2) is 24.3 Å². The van der Waals surface area contributed by atoms with E-state index in [1.165, 1.54) is 0 Å². The molecule has 0 heterocycles. The number of benzene rings is 1. The lowest BCUT2D eigenvalue weighted by molar-refractivity contribution is -0.117. The number of rotatable bonds is 6. The third-order valence-electron chi connectivity index (χ3n) is 2.52. The normalized spacial score (nSPS) is 9.72. The predicted octanol–water partition coefficient (Wildman–Crippen LogP) is 1.62. The maximum absolute atomic E-state index is 11.8. The molecule has 0 fully saturated rings. The van der Waals surface area contributed by atoms with Crippen molar-refractivity contribution in [1.82, 2.24) is 5.32 Å². The van der Waals surface area contributed by atoms with Gasteiger partial charge in [0.15, 0.2) is 0 Å². The van der Waals surface area contributed by atoms with E-state index in [4.69, 9.17) is 4.74 Å². The van der Waals surface area contributed by atoms with Gasteiger partial charge >= 0.3 is 0 Å². The van der Waals surface area contributed by atoms with Crippen molar-refractivity contribution in [3.63, 3.8) is 0 Å². The number of halogens is 1. The summed E-state index contributed by atoms with van der Waals surface area (Å²) in [7, 11) is 3.43. The van der Waals surface area contributed by atoms with Crippen molar-refractivity contribution in [3.05, 3.63) is 29.8 Å². The molecular formula is C13H21ClN2O2. The van der Waals surface area contributed by atoms with Gasteiger partial charge in [-0.25, -0.2) is 0 Å². The van der Waals surface area contributed by atoms with E-state index >= 15 is 0 Å². The Hall–Kier alpha value is -1.10. The molecule has 0 aliphatic heterocycles. The third-order valence-corrected chi connectivity index (χ3v) is 2.52. The van der Waals surface area contributed by atoms with E-state index in [1.54, 1.807) is 19.1 Å². The van der Waals surface area contributed by atoms with Gasteiger partial charge in [0, 0.05) is 26.4 Å². The molecule has 1 rings (SSSR count). The molecule has 1 N–H and O–H groups in total. The Morgan fingerprint density at radius 1 is 1.44 bits per heavy atom.